The number of phenolic OH excluding ortho intramolecular Hbond substituents is 1. The molecule has 7 rings (SSSR count). The Hall–Kier alpha value is -6.38. The van der Waals surface area contributed by atoms with Crippen LogP contribution in [0.4, 0.5) is 22.7 Å². The van der Waals surface area contributed by atoms with Gasteiger partial charge >= 0.3 is 5.69 Å². The van der Waals surface area contributed by atoms with Crippen LogP contribution in [0.15, 0.2) is 95.2 Å². The molecular weight excluding hydrogens is 720 g/mol. The lowest BCUT2D eigenvalue weighted by Crippen LogP contribution is -2.14. The van der Waals surface area contributed by atoms with Crippen molar-refractivity contribution in [3.05, 3.63) is 150 Å². The number of benzene rings is 5. The van der Waals surface area contributed by atoms with Crippen LogP contribution in [0.3, 0.4) is 0 Å². The van der Waals surface area contributed by atoms with Crippen LogP contribution in [-0.4, -0.2) is 61.2 Å². The highest BCUT2D eigenvalue weighted by Crippen LogP contribution is 2.41. The summed E-state index contributed by atoms with van der Waals surface area (Å²) in [7, 11) is 0. The van der Waals surface area contributed by atoms with E-state index in [-0.39, 0.29) is 37.5 Å². The van der Waals surface area contributed by atoms with Gasteiger partial charge in [-0.25, -0.2) is 0 Å². The first-order chi connectivity index (χ1) is 27.3. The maximum atomic E-state index is 12.0. The number of rotatable bonds is 6. The predicted octanol–water partition coefficient (Wildman–Crippen LogP) is 8.50. The number of nitro benzene ring substituents is 2. The highest BCUT2D eigenvalue weighted by molar-refractivity contribution is 5.63. The third-order valence-corrected chi connectivity index (χ3v) is 9.56. The third kappa shape index (κ3) is 8.61. The first-order valence-corrected chi connectivity index (χ1v) is 18.3. The van der Waals surface area contributed by atoms with Gasteiger partial charge in [-0.3, -0.25) is 20.2 Å². The summed E-state index contributed by atoms with van der Waals surface area (Å²) in [4.78, 5) is 21.7. The monoisotopic (exact) mass is 760 g/mol. The molecule has 0 saturated carbocycles. The molecular formula is C42H40N4O10. The SMILES string of the molecule is CCOc1c2cccc1Cc1cccc3c1OCCOCCOCCOc1c(cccc1C2)Cc1cc(N=Nc2ccc([N+](=O)[O-])cc2[N+](=O)[O-])cc(c1O)C3. The summed E-state index contributed by atoms with van der Waals surface area (Å²) in [5, 5.41) is 43.7. The zero-order chi connectivity index (χ0) is 39.0. The van der Waals surface area contributed by atoms with Gasteiger partial charge < -0.3 is 28.8 Å². The standard InChI is InChI=1S/C42H40N4O10/c1-2-54-40-27-6-3-7-28(40)21-30-9-5-11-32-23-34-25-35(43-44-37-13-12-36(45(48)49)26-38(37)46(50)51)24-33(39(34)47)22-31-10-4-8-29(20-27)41(31)55-18-16-52-14-15-53-17-19-56-42(30)32/h3-13,24-26,47H,2,14-23H2,1H3. The van der Waals surface area contributed by atoms with Crippen LogP contribution < -0.4 is 14.2 Å². The van der Waals surface area contributed by atoms with Gasteiger partial charge in [0.2, 0.25) is 0 Å². The van der Waals surface area contributed by atoms with E-state index in [0.29, 0.717) is 74.2 Å². The molecule has 14 nitrogen and oxygen atoms in total. The van der Waals surface area contributed by atoms with E-state index in [1.165, 1.54) is 6.07 Å². The molecule has 0 unspecified atom stereocenters. The third-order valence-electron chi connectivity index (χ3n) is 9.56. The minimum absolute atomic E-state index is 0.0403. The first kappa shape index (κ1) is 37.9. The Morgan fingerprint density at radius 3 is 1.59 bits per heavy atom. The quantitative estimate of drug-likeness (QED) is 0.0983. The molecule has 5 aromatic carbocycles. The molecule has 14 heteroatoms. The number of non-ortho nitro benzene ring substituents is 1. The average molecular weight is 761 g/mol. The van der Waals surface area contributed by atoms with Gasteiger partial charge in [0.05, 0.1) is 54.6 Å². The zero-order valence-corrected chi connectivity index (χ0v) is 30.8. The average Bonchev–Trinajstić information content (AvgIpc) is 3.18. The molecule has 5 aromatic rings. The van der Waals surface area contributed by atoms with Crippen LogP contribution in [0.25, 0.3) is 0 Å². The number of nitro groups is 2. The van der Waals surface area contributed by atoms with Crippen LogP contribution in [0.2, 0.25) is 0 Å². The van der Waals surface area contributed by atoms with Crippen molar-refractivity contribution in [3.63, 3.8) is 0 Å². The second-order valence-electron chi connectivity index (χ2n) is 13.3. The van der Waals surface area contributed by atoms with Crippen LogP contribution in [0.5, 0.6) is 23.0 Å². The van der Waals surface area contributed by atoms with Gasteiger partial charge in [0.15, 0.2) is 5.69 Å². The number of para-hydroxylation sites is 3. The van der Waals surface area contributed by atoms with Gasteiger partial charge in [-0.05, 0) is 58.5 Å². The van der Waals surface area contributed by atoms with Gasteiger partial charge in [-0.15, -0.1) is 5.11 Å². The topological polar surface area (TPSA) is 177 Å². The Morgan fingerprint density at radius 1 is 0.625 bits per heavy atom. The smallest absolute Gasteiger partial charge is 0.303 e. The van der Waals surface area contributed by atoms with Crippen molar-refractivity contribution in [2.24, 2.45) is 10.2 Å². The predicted molar refractivity (Wildman–Crippen MR) is 206 cm³/mol. The summed E-state index contributed by atoms with van der Waals surface area (Å²) < 4.78 is 31.0. The number of hydrogen-bond acceptors (Lipinski definition) is 12. The summed E-state index contributed by atoms with van der Waals surface area (Å²) in [5.41, 5.74) is 5.61. The molecule has 1 heterocycles. The van der Waals surface area contributed by atoms with Crippen molar-refractivity contribution in [2.75, 3.05) is 46.2 Å². The molecule has 0 atom stereocenters. The number of hydrogen-bond donors (Lipinski definition) is 1. The van der Waals surface area contributed by atoms with E-state index in [0.717, 1.165) is 51.3 Å². The van der Waals surface area contributed by atoms with Crippen molar-refractivity contribution in [3.8, 4) is 23.0 Å². The van der Waals surface area contributed by atoms with E-state index in [1.54, 1.807) is 12.1 Å². The number of phenols is 1. The van der Waals surface area contributed by atoms with Gasteiger partial charge in [-0.1, -0.05) is 54.6 Å². The van der Waals surface area contributed by atoms with Crippen LogP contribution in [-0.2, 0) is 35.2 Å². The fraction of sp³-hybridized carbons (Fsp3) is 0.286. The summed E-state index contributed by atoms with van der Waals surface area (Å²) in [5.74, 6) is 2.16. The van der Waals surface area contributed by atoms with Crippen molar-refractivity contribution in [2.45, 2.75) is 32.6 Å². The summed E-state index contributed by atoms with van der Waals surface area (Å²) in [6.45, 7) is 4.42. The van der Waals surface area contributed by atoms with Gasteiger partial charge in [0.1, 0.15) is 36.2 Å². The Kier molecular flexibility index (Phi) is 11.8. The first-order valence-electron chi connectivity index (χ1n) is 18.3. The van der Waals surface area contributed by atoms with Gasteiger partial charge in [0, 0.05) is 42.9 Å². The summed E-state index contributed by atoms with van der Waals surface area (Å²) >= 11 is 0. The van der Waals surface area contributed by atoms with Crippen LogP contribution in [0.1, 0.15) is 51.4 Å². The highest BCUT2D eigenvalue weighted by atomic mass is 16.6. The fourth-order valence-corrected chi connectivity index (χ4v) is 7.03. The van der Waals surface area contributed by atoms with Crippen molar-refractivity contribution in [1.29, 1.82) is 0 Å². The van der Waals surface area contributed by atoms with Crippen molar-refractivity contribution >= 4 is 22.7 Å². The molecule has 1 aliphatic heterocycles. The normalized spacial score (nSPS) is 14.7. The van der Waals surface area contributed by atoms with E-state index in [9.17, 15) is 25.3 Å². The summed E-state index contributed by atoms with van der Waals surface area (Å²) in [6.07, 6.45) is 1.48. The molecule has 56 heavy (non-hydrogen) atoms. The second-order valence-corrected chi connectivity index (χ2v) is 13.3. The largest absolute Gasteiger partial charge is 0.507 e. The molecule has 0 fully saturated rings. The minimum Gasteiger partial charge on any atom is -0.507 e. The van der Waals surface area contributed by atoms with E-state index in [1.807, 2.05) is 49.4 Å². The van der Waals surface area contributed by atoms with Crippen LogP contribution >= 0.6 is 0 Å². The Labute approximate surface area is 322 Å². The minimum atomic E-state index is -0.739. The molecule has 0 saturated heterocycles. The zero-order valence-electron chi connectivity index (χ0n) is 30.8. The molecule has 0 radical (unpaired) electrons. The van der Waals surface area contributed by atoms with E-state index >= 15 is 0 Å². The Bertz CT molecular complexity index is 2190. The lowest BCUT2D eigenvalue weighted by atomic mass is 9.91. The molecule has 0 spiro atoms. The molecule has 288 valence electrons. The van der Waals surface area contributed by atoms with Crippen molar-refractivity contribution in [1.82, 2.24) is 0 Å². The van der Waals surface area contributed by atoms with E-state index in [4.69, 9.17) is 23.7 Å². The number of ether oxygens (including phenoxy) is 5. The van der Waals surface area contributed by atoms with Gasteiger partial charge in [0.25, 0.3) is 5.69 Å². The lowest BCUT2D eigenvalue weighted by molar-refractivity contribution is -0.393. The van der Waals surface area contributed by atoms with Crippen molar-refractivity contribution < 1.29 is 38.6 Å². The second kappa shape index (κ2) is 17.4. The Balaban J connectivity index is 1.43. The Morgan fingerprint density at radius 2 is 1.11 bits per heavy atom. The molecule has 0 aromatic heterocycles. The molecule has 1 N–H and O–H groups in total. The number of aromatic hydroxyl groups is 1. The highest BCUT2D eigenvalue weighted by Gasteiger charge is 2.23. The van der Waals surface area contributed by atoms with Gasteiger partial charge in [-0.2, -0.15) is 5.11 Å². The summed E-state index contributed by atoms with van der Waals surface area (Å²) in [6, 6.07) is 24.5. The molecule has 1 aliphatic carbocycles. The molecule has 10 bridgehead atoms. The maximum absolute atomic E-state index is 12.0. The molecule has 0 amide bonds. The molecule has 2 aliphatic rings. The number of fused-ring (bicyclic) bond motifs is 2. The van der Waals surface area contributed by atoms with E-state index < -0.39 is 21.2 Å². The van der Waals surface area contributed by atoms with Crippen LogP contribution in [0, 0.1) is 20.2 Å². The maximum Gasteiger partial charge on any atom is 0.303 e. The number of nitrogens with zero attached hydrogens (tertiary/aromatic N) is 4. The lowest BCUT2D eigenvalue weighted by Gasteiger charge is -2.21. The van der Waals surface area contributed by atoms with E-state index in [2.05, 4.69) is 22.4 Å². The number of azo groups is 1. The fourth-order valence-electron chi connectivity index (χ4n) is 7.03.